The number of rotatable bonds is 14. The average Bonchev–Trinajstić information content (AvgIpc) is 3.23. The van der Waals surface area contributed by atoms with Crippen LogP contribution in [-0.4, -0.2) is 55.3 Å². The number of halogens is 1. The Morgan fingerprint density at radius 1 is 0.923 bits per heavy atom. The molecule has 2 aromatic carbocycles. The minimum absolute atomic E-state index is 0.0309. The molecule has 6 heteroatoms. The summed E-state index contributed by atoms with van der Waals surface area (Å²) in [5.74, 6) is 3.16. The summed E-state index contributed by atoms with van der Waals surface area (Å²) in [6.45, 7) is 6.92. The van der Waals surface area contributed by atoms with Crippen molar-refractivity contribution in [3.63, 3.8) is 0 Å². The van der Waals surface area contributed by atoms with Crippen LogP contribution < -0.4 is 4.74 Å². The molecule has 0 aromatic heterocycles. The van der Waals surface area contributed by atoms with Gasteiger partial charge >= 0.3 is 0 Å². The molecule has 0 amide bonds. The molecule has 0 bridgehead atoms. The van der Waals surface area contributed by atoms with Crippen LogP contribution in [0.1, 0.15) is 61.6 Å². The van der Waals surface area contributed by atoms with Crippen LogP contribution in [0, 0.1) is 23.2 Å². The number of fused-ring (bicyclic) bond motifs is 5. The summed E-state index contributed by atoms with van der Waals surface area (Å²) >= 11 is 2.31. The van der Waals surface area contributed by atoms with Gasteiger partial charge in [-0.05, 0) is 96.4 Å². The Hall–Kier alpha value is -1.19. The van der Waals surface area contributed by atoms with E-state index in [1.54, 1.807) is 0 Å². The summed E-state index contributed by atoms with van der Waals surface area (Å²) in [7, 11) is 0. The monoisotopic (exact) mass is 648 g/mol. The Labute approximate surface area is 248 Å². The lowest BCUT2D eigenvalue weighted by atomic mass is 9.55. The number of hydrogen-bond donors (Lipinski definition) is 1. The first kappa shape index (κ1) is 29.3. The maximum atomic E-state index is 11.5. The molecule has 3 aliphatic rings. The fourth-order valence-electron chi connectivity index (χ4n) is 7.65. The third-order valence-corrected chi connectivity index (χ3v) is 10.1. The van der Waals surface area contributed by atoms with Crippen molar-refractivity contribution >= 4 is 22.6 Å². The molecular weight excluding hydrogens is 603 g/mol. The molecule has 0 saturated heterocycles. The number of ether oxygens (including phenoxy) is 4. The van der Waals surface area contributed by atoms with Crippen LogP contribution >= 0.6 is 22.6 Å². The molecule has 2 aromatic rings. The summed E-state index contributed by atoms with van der Waals surface area (Å²) in [6, 6.07) is 17.2. The lowest BCUT2D eigenvalue weighted by Gasteiger charge is -2.50. The van der Waals surface area contributed by atoms with E-state index in [-0.39, 0.29) is 11.5 Å². The van der Waals surface area contributed by atoms with Crippen molar-refractivity contribution in [2.75, 3.05) is 44.1 Å². The Morgan fingerprint density at radius 2 is 1.67 bits per heavy atom. The van der Waals surface area contributed by atoms with Gasteiger partial charge in [-0.25, -0.2) is 0 Å². The van der Waals surface area contributed by atoms with Crippen molar-refractivity contribution in [1.82, 2.24) is 0 Å². The van der Waals surface area contributed by atoms with Crippen molar-refractivity contribution in [3.05, 3.63) is 65.2 Å². The minimum atomic E-state index is -0.228. The maximum absolute atomic E-state index is 11.5. The Bertz CT molecular complexity index is 1030. The Balaban J connectivity index is 1.11. The normalized spacial score (nSPS) is 29.5. The molecule has 214 valence electrons. The maximum Gasteiger partial charge on any atom is 0.120 e. The minimum Gasteiger partial charge on any atom is -0.489 e. The van der Waals surface area contributed by atoms with E-state index in [9.17, 15) is 5.11 Å². The fourth-order valence-corrected chi connectivity index (χ4v) is 7.96. The van der Waals surface area contributed by atoms with Gasteiger partial charge in [0.2, 0.25) is 0 Å². The highest BCUT2D eigenvalue weighted by Gasteiger charge is 2.57. The standard InChI is InChI=1S/C33H45IO5/c1-33-13-11-29-28-10-8-27(39-23-24-5-3-2-4-6-24)21-25(28)7-9-30(29)31(33)22-26(32(33)35)12-15-36-17-19-38-20-18-37-16-14-34/h2-6,8,10,21,26,29-32,35H,7,9,11-20,22-23H2,1H3/t26?,29-,30-,31+,32?,33+/m1/s1. The predicted molar refractivity (Wildman–Crippen MR) is 163 cm³/mol. The van der Waals surface area contributed by atoms with Crippen LogP contribution in [0.3, 0.4) is 0 Å². The molecule has 2 saturated carbocycles. The van der Waals surface area contributed by atoms with Gasteiger partial charge in [-0.3, -0.25) is 0 Å². The van der Waals surface area contributed by atoms with E-state index in [1.807, 2.05) is 6.07 Å². The van der Waals surface area contributed by atoms with Crippen molar-refractivity contribution in [1.29, 1.82) is 0 Å². The number of benzene rings is 2. The highest BCUT2D eigenvalue weighted by Crippen LogP contribution is 2.62. The number of aliphatic hydroxyl groups is 1. The molecule has 0 aliphatic heterocycles. The van der Waals surface area contributed by atoms with E-state index >= 15 is 0 Å². The molecule has 0 radical (unpaired) electrons. The molecule has 0 heterocycles. The van der Waals surface area contributed by atoms with Gasteiger partial charge in [0.1, 0.15) is 12.4 Å². The van der Waals surface area contributed by atoms with Crippen LogP contribution in [0.25, 0.3) is 0 Å². The van der Waals surface area contributed by atoms with E-state index in [4.69, 9.17) is 18.9 Å². The van der Waals surface area contributed by atoms with Crippen LogP contribution in [0.2, 0.25) is 0 Å². The molecule has 0 spiro atoms. The molecule has 5 rings (SSSR count). The van der Waals surface area contributed by atoms with Gasteiger partial charge in [0, 0.05) is 11.0 Å². The molecule has 5 nitrogen and oxygen atoms in total. The summed E-state index contributed by atoms with van der Waals surface area (Å²) in [5.41, 5.74) is 4.22. The second kappa shape index (κ2) is 14.1. The summed E-state index contributed by atoms with van der Waals surface area (Å²) in [4.78, 5) is 0. The summed E-state index contributed by atoms with van der Waals surface area (Å²) in [5, 5.41) is 11.5. The molecule has 2 unspecified atom stereocenters. The zero-order valence-electron chi connectivity index (χ0n) is 23.4. The van der Waals surface area contributed by atoms with Gasteiger partial charge in [0.15, 0.2) is 0 Å². The molecule has 3 aliphatic carbocycles. The fraction of sp³-hybridized carbons (Fsp3) is 0.636. The van der Waals surface area contributed by atoms with Crippen molar-refractivity contribution in [2.24, 2.45) is 23.2 Å². The third kappa shape index (κ3) is 7.00. The SMILES string of the molecule is C[C@]12CC[C@@H]3c4ccc(OCc5ccccc5)cc4CC[C@H]3[C@@H]1CC(CCOCCOCCOCCI)C2O. The second-order valence-corrected chi connectivity index (χ2v) is 12.9. The largest absolute Gasteiger partial charge is 0.489 e. The molecule has 6 atom stereocenters. The number of hydrogen-bond acceptors (Lipinski definition) is 5. The second-order valence-electron chi connectivity index (χ2n) is 11.9. The van der Waals surface area contributed by atoms with Gasteiger partial charge in [-0.15, -0.1) is 0 Å². The van der Waals surface area contributed by atoms with E-state index < -0.39 is 0 Å². The first-order valence-corrected chi connectivity index (χ1v) is 16.4. The Morgan fingerprint density at radius 3 is 2.44 bits per heavy atom. The number of aliphatic hydroxyl groups excluding tert-OH is 1. The smallest absolute Gasteiger partial charge is 0.120 e. The molecular formula is C33H45IO5. The van der Waals surface area contributed by atoms with Gasteiger partial charge in [0.25, 0.3) is 0 Å². The zero-order chi connectivity index (χ0) is 27.1. The van der Waals surface area contributed by atoms with Gasteiger partial charge in [-0.2, -0.15) is 0 Å². The van der Waals surface area contributed by atoms with E-state index in [1.165, 1.54) is 29.5 Å². The molecule has 2 fully saturated rings. The lowest BCUT2D eigenvalue weighted by molar-refractivity contribution is -0.0371. The highest BCUT2D eigenvalue weighted by molar-refractivity contribution is 14.1. The van der Waals surface area contributed by atoms with E-state index in [0.29, 0.717) is 63.3 Å². The zero-order valence-corrected chi connectivity index (χ0v) is 25.5. The molecule has 39 heavy (non-hydrogen) atoms. The van der Waals surface area contributed by atoms with Gasteiger partial charge in [-0.1, -0.05) is 65.9 Å². The first-order chi connectivity index (χ1) is 19.1. The van der Waals surface area contributed by atoms with Crippen molar-refractivity contribution in [2.45, 2.75) is 64.1 Å². The first-order valence-electron chi connectivity index (χ1n) is 14.9. The molecule has 1 N–H and O–H groups in total. The summed E-state index contributed by atoms with van der Waals surface area (Å²) in [6.07, 6.45) is 6.44. The third-order valence-electron chi connectivity index (χ3n) is 9.66. The predicted octanol–water partition coefficient (Wildman–Crippen LogP) is 6.58. The van der Waals surface area contributed by atoms with Crippen LogP contribution in [0.5, 0.6) is 5.75 Å². The van der Waals surface area contributed by atoms with Crippen LogP contribution in [-0.2, 0) is 27.2 Å². The Kier molecular flexibility index (Phi) is 10.6. The van der Waals surface area contributed by atoms with E-state index in [0.717, 1.165) is 42.5 Å². The van der Waals surface area contributed by atoms with Crippen LogP contribution in [0.15, 0.2) is 48.5 Å². The van der Waals surface area contributed by atoms with Gasteiger partial charge < -0.3 is 24.1 Å². The van der Waals surface area contributed by atoms with Crippen LogP contribution in [0.4, 0.5) is 0 Å². The van der Waals surface area contributed by atoms with Gasteiger partial charge in [0.05, 0.1) is 39.1 Å². The number of alkyl halides is 1. The quantitative estimate of drug-likeness (QED) is 0.143. The topological polar surface area (TPSA) is 57.2 Å². The highest BCUT2D eigenvalue weighted by atomic mass is 127. The number of aryl methyl sites for hydroxylation is 1. The van der Waals surface area contributed by atoms with E-state index in [2.05, 4.69) is 72.0 Å². The van der Waals surface area contributed by atoms with Crippen molar-refractivity contribution in [3.8, 4) is 5.75 Å². The van der Waals surface area contributed by atoms with Crippen molar-refractivity contribution < 1.29 is 24.1 Å². The lowest BCUT2D eigenvalue weighted by Crippen LogP contribution is -2.44. The average molecular weight is 649 g/mol. The summed E-state index contributed by atoms with van der Waals surface area (Å²) < 4.78 is 24.0.